The minimum atomic E-state index is 0.522. The molecular formula is C14H19NS. The molecule has 1 nitrogen and oxygen atoms in total. The van der Waals surface area contributed by atoms with E-state index in [2.05, 4.69) is 62.7 Å². The summed E-state index contributed by atoms with van der Waals surface area (Å²) in [5, 5.41) is 4.76. The van der Waals surface area contributed by atoms with Crippen molar-refractivity contribution >= 4 is 22.5 Å². The van der Waals surface area contributed by atoms with Gasteiger partial charge in [-0.25, -0.2) is 0 Å². The Morgan fingerprint density at radius 1 is 1.06 bits per heavy atom. The summed E-state index contributed by atoms with van der Waals surface area (Å²) >= 11 is 1.95. The Balaban J connectivity index is 2.60. The Labute approximate surface area is 102 Å². The van der Waals surface area contributed by atoms with Gasteiger partial charge in [-0.3, -0.25) is 0 Å². The molecule has 0 fully saturated rings. The predicted octanol–water partition coefficient (Wildman–Crippen LogP) is 4.72. The molecule has 0 saturated carbocycles. The highest BCUT2D eigenvalue weighted by Gasteiger charge is 2.12. The Kier molecular flexibility index (Phi) is 3.29. The highest BCUT2D eigenvalue weighted by molar-refractivity contribution is 8.00. The van der Waals surface area contributed by atoms with Gasteiger partial charge >= 0.3 is 0 Å². The lowest BCUT2D eigenvalue weighted by Crippen LogP contribution is -2.01. The largest absolute Gasteiger partial charge is 0.339 e. The summed E-state index contributed by atoms with van der Waals surface area (Å²) in [4.78, 5) is 0. The Morgan fingerprint density at radius 3 is 2.38 bits per heavy atom. The van der Waals surface area contributed by atoms with Crippen LogP contribution in [0.2, 0.25) is 0 Å². The molecular weight excluding hydrogens is 214 g/mol. The molecule has 0 bridgehead atoms. The lowest BCUT2D eigenvalue weighted by molar-refractivity contribution is 0.564. The van der Waals surface area contributed by atoms with Gasteiger partial charge in [0.15, 0.2) is 0 Å². The number of hydrogen-bond acceptors (Lipinski definition) is 1. The summed E-state index contributed by atoms with van der Waals surface area (Å²) < 4.78 is 2.38. The van der Waals surface area contributed by atoms with Crippen LogP contribution in [0.3, 0.4) is 0 Å². The normalized spacial score (nSPS) is 11.9. The molecule has 0 amide bonds. The molecule has 2 rings (SSSR count). The van der Waals surface area contributed by atoms with Crippen LogP contribution in [0.5, 0.6) is 0 Å². The van der Waals surface area contributed by atoms with Crippen LogP contribution >= 0.6 is 11.8 Å². The summed E-state index contributed by atoms with van der Waals surface area (Å²) in [6, 6.07) is 9.17. The summed E-state index contributed by atoms with van der Waals surface area (Å²) in [6.45, 7) is 8.97. The van der Waals surface area contributed by atoms with E-state index in [0.29, 0.717) is 11.3 Å². The van der Waals surface area contributed by atoms with Crippen molar-refractivity contribution in [3.05, 3.63) is 30.5 Å². The minimum Gasteiger partial charge on any atom is -0.339 e. The maximum atomic E-state index is 2.38. The molecule has 0 N–H and O–H groups in total. The van der Waals surface area contributed by atoms with E-state index >= 15 is 0 Å². The van der Waals surface area contributed by atoms with Crippen LogP contribution in [0.4, 0.5) is 0 Å². The molecule has 0 aliphatic rings. The second kappa shape index (κ2) is 4.54. The van der Waals surface area contributed by atoms with Crippen molar-refractivity contribution in [2.75, 3.05) is 0 Å². The van der Waals surface area contributed by atoms with Crippen LogP contribution in [-0.2, 0) is 0 Å². The molecule has 2 aromatic rings. The summed E-state index contributed by atoms with van der Waals surface area (Å²) in [5.74, 6) is 0. The molecule has 2 heteroatoms. The van der Waals surface area contributed by atoms with E-state index in [1.165, 1.54) is 15.8 Å². The standard InChI is InChI=1S/C14H19NS/c1-10(2)15-9-12-7-5-6-8-13(12)14(15)16-11(3)4/h5-11H,1-4H3. The number of hydrogen-bond donors (Lipinski definition) is 0. The first-order chi connectivity index (χ1) is 7.59. The van der Waals surface area contributed by atoms with E-state index in [1.807, 2.05) is 11.8 Å². The third-order valence-corrected chi connectivity index (χ3v) is 3.73. The fourth-order valence-electron chi connectivity index (χ4n) is 1.88. The van der Waals surface area contributed by atoms with Gasteiger partial charge in [-0.2, -0.15) is 0 Å². The fraction of sp³-hybridized carbons (Fsp3) is 0.429. The molecule has 0 saturated heterocycles. The highest BCUT2D eigenvalue weighted by atomic mass is 32.2. The van der Waals surface area contributed by atoms with Gasteiger partial charge in [0.1, 0.15) is 0 Å². The average Bonchev–Trinajstić information content (AvgIpc) is 2.57. The number of benzene rings is 1. The average molecular weight is 233 g/mol. The van der Waals surface area contributed by atoms with Crippen LogP contribution in [-0.4, -0.2) is 9.82 Å². The van der Waals surface area contributed by atoms with Crippen LogP contribution in [0.1, 0.15) is 33.7 Å². The zero-order valence-electron chi connectivity index (χ0n) is 10.4. The van der Waals surface area contributed by atoms with Gasteiger partial charge in [0.2, 0.25) is 0 Å². The van der Waals surface area contributed by atoms with Gasteiger partial charge in [-0.15, -0.1) is 11.8 Å². The van der Waals surface area contributed by atoms with E-state index < -0.39 is 0 Å². The SMILES string of the molecule is CC(C)Sc1c2ccccc2cn1C(C)C. The van der Waals surface area contributed by atoms with Crippen molar-refractivity contribution in [1.82, 2.24) is 4.57 Å². The minimum absolute atomic E-state index is 0.522. The third-order valence-electron chi connectivity index (χ3n) is 2.61. The number of nitrogens with zero attached hydrogens (tertiary/aromatic N) is 1. The molecule has 0 aliphatic heterocycles. The molecule has 0 unspecified atom stereocenters. The van der Waals surface area contributed by atoms with Crippen LogP contribution in [0, 0.1) is 0 Å². The van der Waals surface area contributed by atoms with E-state index in [1.54, 1.807) is 0 Å². The van der Waals surface area contributed by atoms with Gasteiger partial charge in [0.25, 0.3) is 0 Å². The van der Waals surface area contributed by atoms with Gasteiger partial charge < -0.3 is 4.57 Å². The first kappa shape index (κ1) is 11.6. The number of thioether (sulfide) groups is 1. The summed E-state index contributed by atoms with van der Waals surface area (Å²) in [5.41, 5.74) is 0. The van der Waals surface area contributed by atoms with Crippen LogP contribution < -0.4 is 0 Å². The number of rotatable bonds is 3. The topological polar surface area (TPSA) is 4.93 Å². The van der Waals surface area contributed by atoms with Gasteiger partial charge in [0.05, 0.1) is 5.03 Å². The zero-order valence-corrected chi connectivity index (χ0v) is 11.2. The molecule has 1 aromatic heterocycles. The predicted molar refractivity (Wildman–Crippen MR) is 73.3 cm³/mol. The van der Waals surface area contributed by atoms with Gasteiger partial charge in [-0.05, 0) is 13.8 Å². The monoisotopic (exact) mass is 233 g/mol. The molecule has 0 aliphatic carbocycles. The number of aromatic nitrogens is 1. The van der Waals surface area contributed by atoms with Gasteiger partial charge in [0, 0.05) is 28.3 Å². The number of fused-ring (bicyclic) bond motifs is 1. The highest BCUT2D eigenvalue weighted by Crippen LogP contribution is 2.34. The Bertz CT molecular complexity index is 482. The van der Waals surface area contributed by atoms with Crippen LogP contribution in [0.25, 0.3) is 10.8 Å². The van der Waals surface area contributed by atoms with Crippen molar-refractivity contribution in [2.45, 2.75) is 44.0 Å². The molecule has 86 valence electrons. The maximum absolute atomic E-state index is 2.38. The first-order valence-corrected chi connectivity index (χ1v) is 6.73. The molecule has 1 heterocycles. The van der Waals surface area contributed by atoms with E-state index in [-0.39, 0.29) is 0 Å². The van der Waals surface area contributed by atoms with Crippen molar-refractivity contribution in [1.29, 1.82) is 0 Å². The van der Waals surface area contributed by atoms with Crippen molar-refractivity contribution in [3.63, 3.8) is 0 Å². The Hall–Kier alpha value is -0.890. The smallest absolute Gasteiger partial charge is 0.0832 e. The maximum Gasteiger partial charge on any atom is 0.0832 e. The molecule has 0 atom stereocenters. The Morgan fingerprint density at radius 2 is 1.75 bits per heavy atom. The summed E-state index contributed by atoms with van der Waals surface area (Å²) in [7, 11) is 0. The van der Waals surface area contributed by atoms with Gasteiger partial charge in [-0.1, -0.05) is 38.1 Å². The molecule has 1 aromatic carbocycles. The van der Waals surface area contributed by atoms with Crippen molar-refractivity contribution in [2.24, 2.45) is 0 Å². The second-order valence-electron chi connectivity index (χ2n) is 4.69. The quantitative estimate of drug-likeness (QED) is 0.694. The van der Waals surface area contributed by atoms with E-state index in [0.717, 1.165) is 0 Å². The first-order valence-electron chi connectivity index (χ1n) is 5.86. The van der Waals surface area contributed by atoms with Crippen molar-refractivity contribution in [3.8, 4) is 0 Å². The molecule has 16 heavy (non-hydrogen) atoms. The molecule has 0 radical (unpaired) electrons. The fourth-order valence-corrected chi connectivity index (χ4v) is 3.03. The zero-order chi connectivity index (χ0) is 11.7. The summed E-state index contributed by atoms with van der Waals surface area (Å²) in [6.07, 6.45) is 2.27. The lowest BCUT2D eigenvalue weighted by Gasteiger charge is -2.14. The van der Waals surface area contributed by atoms with Crippen molar-refractivity contribution < 1.29 is 0 Å². The van der Waals surface area contributed by atoms with E-state index in [4.69, 9.17) is 0 Å². The van der Waals surface area contributed by atoms with E-state index in [9.17, 15) is 0 Å². The second-order valence-corrected chi connectivity index (χ2v) is 6.25. The third kappa shape index (κ3) is 2.12. The van der Waals surface area contributed by atoms with Crippen LogP contribution in [0.15, 0.2) is 35.5 Å². The molecule has 0 spiro atoms. The lowest BCUT2D eigenvalue weighted by atomic mass is 10.2.